The van der Waals surface area contributed by atoms with Crippen LogP contribution < -0.4 is 10.6 Å². The number of hydrogen-bond donors (Lipinski definition) is 3. The number of aliphatic hydroxyl groups excluding tert-OH is 1. The van der Waals surface area contributed by atoms with Crippen LogP contribution in [0.1, 0.15) is 13.8 Å². The van der Waals surface area contributed by atoms with Crippen molar-refractivity contribution in [1.29, 1.82) is 0 Å². The van der Waals surface area contributed by atoms with Crippen LogP contribution in [0.15, 0.2) is 35.1 Å². The Morgan fingerprint density at radius 1 is 1.50 bits per heavy atom. The highest BCUT2D eigenvalue weighted by Gasteiger charge is 2.43. The van der Waals surface area contributed by atoms with Crippen molar-refractivity contribution < 1.29 is 19.5 Å². The second-order valence-corrected chi connectivity index (χ2v) is 5.48. The van der Waals surface area contributed by atoms with Crippen molar-refractivity contribution in [1.82, 2.24) is 15.5 Å². The van der Waals surface area contributed by atoms with E-state index in [1.807, 2.05) is 0 Å². The summed E-state index contributed by atoms with van der Waals surface area (Å²) >= 11 is 5.74. The largest absolute Gasteiger partial charge is 0.506 e. The molecule has 0 spiro atoms. The SMILES string of the molecule is C=C(/C=C(O)\C(Cl)=C/C)CN(C=O)CC1(C)NC(=O)NC1=O. The van der Waals surface area contributed by atoms with Crippen LogP contribution in [0.3, 0.4) is 0 Å². The zero-order valence-corrected chi connectivity index (χ0v) is 13.1. The third-order valence-corrected chi connectivity index (χ3v) is 3.44. The molecule has 22 heavy (non-hydrogen) atoms. The summed E-state index contributed by atoms with van der Waals surface area (Å²) in [5.41, 5.74) is -0.789. The molecule has 0 aromatic heterocycles. The zero-order chi connectivity index (χ0) is 16.9. The number of halogens is 1. The van der Waals surface area contributed by atoms with Crippen molar-refractivity contribution in [3.05, 3.63) is 35.1 Å². The van der Waals surface area contributed by atoms with Gasteiger partial charge in [0.15, 0.2) is 0 Å². The Bertz CT molecular complexity index is 570. The van der Waals surface area contributed by atoms with E-state index in [2.05, 4.69) is 17.2 Å². The summed E-state index contributed by atoms with van der Waals surface area (Å²) in [4.78, 5) is 35.3. The lowest BCUT2D eigenvalue weighted by Gasteiger charge is -2.27. The van der Waals surface area contributed by atoms with E-state index in [1.165, 1.54) is 24.0 Å². The summed E-state index contributed by atoms with van der Waals surface area (Å²) < 4.78 is 0. The first-order valence-electron chi connectivity index (χ1n) is 6.45. The van der Waals surface area contributed by atoms with Gasteiger partial charge in [0.25, 0.3) is 5.91 Å². The predicted molar refractivity (Wildman–Crippen MR) is 82.2 cm³/mol. The van der Waals surface area contributed by atoms with Crippen molar-refractivity contribution in [3.8, 4) is 0 Å². The average molecular weight is 328 g/mol. The lowest BCUT2D eigenvalue weighted by atomic mass is 10.0. The number of imide groups is 1. The van der Waals surface area contributed by atoms with Crippen LogP contribution in [0, 0.1) is 0 Å². The van der Waals surface area contributed by atoms with Gasteiger partial charge in [0.05, 0.1) is 11.6 Å². The first kappa shape index (κ1) is 17.8. The normalized spacial score (nSPS) is 22.1. The molecule has 0 bridgehead atoms. The predicted octanol–water partition coefficient (Wildman–Crippen LogP) is 1.18. The fourth-order valence-electron chi connectivity index (χ4n) is 1.94. The second-order valence-electron chi connectivity index (χ2n) is 5.08. The molecule has 4 amide bonds. The van der Waals surface area contributed by atoms with Gasteiger partial charge in [-0.15, -0.1) is 0 Å². The van der Waals surface area contributed by atoms with Gasteiger partial charge in [-0.25, -0.2) is 4.79 Å². The maximum atomic E-state index is 11.7. The van der Waals surface area contributed by atoms with Crippen LogP contribution >= 0.6 is 11.6 Å². The number of rotatable bonds is 7. The average Bonchev–Trinajstić information content (AvgIpc) is 2.69. The standard InChI is InChI=1S/C14H18ClN3O4/c1-4-10(15)11(20)5-9(2)6-18(8-19)7-14(3)12(21)16-13(22)17-14/h4-5,8,20H,2,6-7H2,1,3H3,(H2,16,17,21,22)/b10-4+,11-5+. The van der Waals surface area contributed by atoms with Gasteiger partial charge in [-0.05, 0) is 25.5 Å². The molecular formula is C14H18ClN3O4. The molecule has 0 aromatic rings. The monoisotopic (exact) mass is 327 g/mol. The Kier molecular flexibility index (Phi) is 5.76. The lowest BCUT2D eigenvalue weighted by molar-refractivity contribution is -0.125. The number of carbonyl (C=O) groups excluding carboxylic acids is 3. The van der Waals surface area contributed by atoms with Gasteiger partial charge < -0.3 is 15.3 Å². The molecule has 0 aromatic carbocycles. The Balaban J connectivity index is 2.74. The molecule has 120 valence electrons. The summed E-state index contributed by atoms with van der Waals surface area (Å²) in [7, 11) is 0. The van der Waals surface area contributed by atoms with Gasteiger partial charge in [0, 0.05) is 6.54 Å². The fourth-order valence-corrected chi connectivity index (χ4v) is 2.00. The molecule has 1 heterocycles. The van der Waals surface area contributed by atoms with E-state index in [0.29, 0.717) is 12.0 Å². The maximum Gasteiger partial charge on any atom is 0.322 e. The number of nitrogens with one attached hydrogen (secondary N) is 2. The quantitative estimate of drug-likeness (QED) is 0.283. The van der Waals surface area contributed by atoms with Crippen LogP contribution in [0.25, 0.3) is 0 Å². The van der Waals surface area contributed by atoms with Gasteiger partial charge in [0.1, 0.15) is 11.3 Å². The smallest absolute Gasteiger partial charge is 0.322 e. The van der Waals surface area contributed by atoms with Gasteiger partial charge in [-0.3, -0.25) is 14.9 Å². The molecule has 0 aliphatic carbocycles. The minimum atomic E-state index is -1.20. The summed E-state index contributed by atoms with van der Waals surface area (Å²) in [6, 6.07) is -0.602. The number of hydrogen-bond acceptors (Lipinski definition) is 4. The number of allylic oxidation sites excluding steroid dienone is 2. The van der Waals surface area contributed by atoms with Crippen molar-refractivity contribution >= 4 is 29.9 Å². The van der Waals surface area contributed by atoms with Crippen LogP contribution in [0.4, 0.5) is 4.79 Å². The minimum Gasteiger partial charge on any atom is -0.506 e. The van der Waals surface area contributed by atoms with E-state index in [4.69, 9.17) is 11.6 Å². The molecule has 7 nitrogen and oxygen atoms in total. The first-order valence-corrected chi connectivity index (χ1v) is 6.83. The van der Waals surface area contributed by atoms with Gasteiger partial charge in [-0.2, -0.15) is 0 Å². The zero-order valence-electron chi connectivity index (χ0n) is 12.4. The van der Waals surface area contributed by atoms with Gasteiger partial charge in [0.2, 0.25) is 6.41 Å². The van der Waals surface area contributed by atoms with Crippen LogP contribution in [0.5, 0.6) is 0 Å². The third-order valence-electron chi connectivity index (χ3n) is 3.03. The lowest BCUT2D eigenvalue weighted by Crippen LogP contribution is -2.52. The van der Waals surface area contributed by atoms with E-state index >= 15 is 0 Å². The Morgan fingerprint density at radius 3 is 2.59 bits per heavy atom. The molecule has 1 saturated heterocycles. The molecule has 3 N–H and O–H groups in total. The summed E-state index contributed by atoms with van der Waals surface area (Å²) in [5.74, 6) is -0.677. The molecule has 1 fully saturated rings. The number of nitrogens with zero attached hydrogens (tertiary/aromatic N) is 1. The Hall–Kier alpha value is -2.28. The highest BCUT2D eigenvalue weighted by atomic mass is 35.5. The molecule has 0 radical (unpaired) electrons. The van der Waals surface area contributed by atoms with Crippen LogP contribution in [-0.4, -0.2) is 47.0 Å². The molecule has 1 atom stereocenters. The maximum absolute atomic E-state index is 11.7. The number of amides is 4. The van der Waals surface area contributed by atoms with Crippen molar-refractivity contribution in [3.63, 3.8) is 0 Å². The summed E-state index contributed by atoms with van der Waals surface area (Å²) in [6.07, 6.45) is 3.38. The van der Waals surface area contributed by atoms with Crippen molar-refractivity contribution in [2.45, 2.75) is 19.4 Å². The molecule has 1 aliphatic rings. The summed E-state index contributed by atoms with van der Waals surface area (Å²) in [5, 5.41) is 14.4. The van der Waals surface area contributed by atoms with E-state index in [9.17, 15) is 19.5 Å². The minimum absolute atomic E-state index is 0.0287. The Morgan fingerprint density at radius 2 is 2.14 bits per heavy atom. The Labute approximate surface area is 133 Å². The summed E-state index contributed by atoms with van der Waals surface area (Å²) in [6.45, 7) is 6.93. The topological polar surface area (TPSA) is 98.7 Å². The highest BCUT2D eigenvalue weighted by Crippen LogP contribution is 2.15. The number of carbonyl (C=O) groups is 3. The van der Waals surface area contributed by atoms with Crippen LogP contribution in [-0.2, 0) is 9.59 Å². The second kappa shape index (κ2) is 7.13. The van der Waals surface area contributed by atoms with E-state index < -0.39 is 17.5 Å². The van der Waals surface area contributed by atoms with Gasteiger partial charge in [-0.1, -0.05) is 24.3 Å². The molecule has 1 unspecified atom stereocenters. The molecule has 0 saturated carbocycles. The van der Waals surface area contributed by atoms with Gasteiger partial charge >= 0.3 is 6.03 Å². The van der Waals surface area contributed by atoms with Crippen molar-refractivity contribution in [2.24, 2.45) is 0 Å². The first-order chi connectivity index (χ1) is 10.2. The van der Waals surface area contributed by atoms with E-state index in [0.717, 1.165) is 0 Å². The highest BCUT2D eigenvalue weighted by molar-refractivity contribution is 6.31. The van der Waals surface area contributed by atoms with Crippen molar-refractivity contribution in [2.75, 3.05) is 13.1 Å². The third kappa shape index (κ3) is 4.36. The number of aliphatic hydroxyl groups is 1. The van der Waals surface area contributed by atoms with Crippen LogP contribution in [0.2, 0.25) is 0 Å². The molecular weight excluding hydrogens is 310 g/mol. The molecule has 1 rings (SSSR count). The van der Waals surface area contributed by atoms with E-state index in [1.54, 1.807) is 6.92 Å². The number of urea groups is 1. The molecule has 1 aliphatic heterocycles. The van der Waals surface area contributed by atoms with E-state index in [-0.39, 0.29) is 23.9 Å². The fraction of sp³-hybridized carbons (Fsp3) is 0.357. The molecule has 8 heteroatoms.